The highest BCUT2D eigenvalue weighted by molar-refractivity contribution is 8.76. The zero-order valence-electron chi connectivity index (χ0n) is 20.7. The standard InChI is InChI=1S/C30H34N4S2/c1-3-11-27(12-4-1)23-33(25-29-15-7-9-17-31-29)19-21-35-36-22-20-34(24-28-13-5-2-6-14-28)26-30-16-8-10-18-32-30/h1-18H,19-26H2. The van der Waals surface area contributed by atoms with E-state index in [4.69, 9.17) is 0 Å². The Morgan fingerprint density at radius 2 is 0.889 bits per heavy atom. The summed E-state index contributed by atoms with van der Waals surface area (Å²) in [5.41, 5.74) is 4.93. The third-order valence-electron chi connectivity index (χ3n) is 5.79. The van der Waals surface area contributed by atoms with E-state index in [1.165, 1.54) is 11.1 Å². The van der Waals surface area contributed by atoms with Crippen molar-refractivity contribution in [2.24, 2.45) is 0 Å². The summed E-state index contributed by atoms with van der Waals surface area (Å²) in [6.07, 6.45) is 3.76. The molecule has 2 aromatic heterocycles. The molecule has 4 nitrogen and oxygen atoms in total. The molecule has 2 aromatic carbocycles. The van der Waals surface area contributed by atoms with Crippen LogP contribution in [0.2, 0.25) is 0 Å². The molecule has 36 heavy (non-hydrogen) atoms. The lowest BCUT2D eigenvalue weighted by molar-refractivity contribution is 0.270. The molecular weight excluding hydrogens is 480 g/mol. The van der Waals surface area contributed by atoms with E-state index in [9.17, 15) is 0 Å². The van der Waals surface area contributed by atoms with Gasteiger partial charge in [0.2, 0.25) is 0 Å². The van der Waals surface area contributed by atoms with Crippen LogP contribution in [0.3, 0.4) is 0 Å². The first-order chi connectivity index (χ1) is 17.8. The van der Waals surface area contributed by atoms with Crippen LogP contribution in [0.4, 0.5) is 0 Å². The zero-order chi connectivity index (χ0) is 24.7. The van der Waals surface area contributed by atoms with Gasteiger partial charge in [0, 0.05) is 63.2 Å². The topological polar surface area (TPSA) is 32.3 Å². The van der Waals surface area contributed by atoms with Gasteiger partial charge in [0.1, 0.15) is 0 Å². The molecule has 186 valence electrons. The van der Waals surface area contributed by atoms with Crippen LogP contribution < -0.4 is 0 Å². The third kappa shape index (κ3) is 9.78. The highest BCUT2D eigenvalue weighted by Crippen LogP contribution is 2.22. The van der Waals surface area contributed by atoms with Gasteiger partial charge in [-0.15, -0.1) is 0 Å². The molecule has 2 heterocycles. The molecule has 0 radical (unpaired) electrons. The maximum absolute atomic E-state index is 4.54. The van der Waals surface area contributed by atoms with Crippen LogP contribution in [0, 0.1) is 0 Å². The van der Waals surface area contributed by atoms with Crippen LogP contribution in [0.15, 0.2) is 109 Å². The Labute approximate surface area is 223 Å². The minimum Gasteiger partial charge on any atom is -0.292 e. The van der Waals surface area contributed by atoms with Crippen molar-refractivity contribution in [2.45, 2.75) is 26.2 Å². The highest BCUT2D eigenvalue weighted by Gasteiger charge is 2.10. The normalized spacial score (nSPS) is 11.3. The Morgan fingerprint density at radius 3 is 1.28 bits per heavy atom. The van der Waals surface area contributed by atoms with Gasteiger partial charge >= 0.3 is 0 Å². The first kappa shape index (κ1) is 26.4. The smallest absolute Gasteiger partial charge is 0.0544 e. The number of hydrogen-bond acceptors (Lipinski definition) is 6. The zero-order valence-corrected chi connectivity index (χ0v) is 22.3. The van der Waals surface area contributed by atoms with Crippen LogP contribution in [0.5, 0.6) is 0 Å². The van der Waals surface area contributed by atoms with Gasteiger partial charge in [-0.2, -0.15) is 0 Å². The van der Waals surface area contributed by atoms with E-state index in [1.807, 2.05) is 46.1 Å². The van der Waals surface area contributed by atoms with Crippen LogP contribution in [-0.4, -0.2) is 44.4 Å². The SMILES string of the molecule is c1ccc(CN(CCSSCCN(Cc2ccccc2)Cc2ccccn2)Cc2ccccn2)cc1. The highest BCUT2D eigenvalue weighted by atomic mass is 33.1. The lowest BCUT2D eigenvalue weighted by Crippen LogP contribution is -2.26. The number of benzene rings is 2. The Morgan fingerprint density at radius 1 is 0.472 bits per heavy atom. The molecule has 0 amide bonds. The van der Waals surface area contributed by atoms with Crippen LogP contribution in [0.25, 0.3) is 0 Å². The van der Waals surface area contributed by atoms with E-state index in [2.05, 4.69) is 105 Å². The summed E-state index contributed by atoms with van der Waals surface area (Å²) in [4.78, 5) is 14.1. The lowest BCUT2D eigenvalue weighted by atomic mass is 10.2. The number of hydrogen-bond donors (Lipinski definition) is 0. The van der Waals surface area contributed by atoms with Crippen molar-refractivity contribution in [1.82, 2.24) is 19.8 Å². The van der Waals surface area contributed by atoms with E-state index < -0.39 is 0 Å². The number of nitrogens with zero attached hydrogens (tertiary/aromatic N) is 4. The first-order valence-electron chi connectivity index (χ1n) is 12.4. The summed E-state index contributed by atoms with van der Waals surface area (Å²) in [5.74, 6) is 2.17. The molecule has 0 fully saturated rings. The molecule has 0 unspecified atom stereocenters. The fourth-order valence-electron chi connectivity index (χ4n) is 4.00. The third-order valence-corrected chi connectivity index (χ3v) is 8.15. The summed E-state index contributed by atoms with van der Waals surface area (Å²) in [6.45, 7) is 5.69. The second-order valence-electron chi connectivity index (χ2n) is 8.68. The van der Waals surface area contributed by atoms with Crippen molar-refractivity contribution in [3.63, 3.8) is 0 Å². The van der Waals surface area contributed by atoms with Gasteiger partial charge in [0.25, 0.3) is 0 Å². The van der Waals surface area contributed by atoms with E-state index in [1.54, 1.807) is 0 Å². The maximum Gasteiger partial charge on any atom is 0.0544 e. The molecule has 0 atom stereocenters. The van der Waals surface area contributed by atoms with Crippen molar-refractivity contribution in [3.8, 4) is 0 Å². The molecule has 4 aromatic rings. The lowest BCUT2D eigenvalue weighted by Gasteiger charge is -2.23. The average molecular weight is 515 g/mol. The summed E-state index contributed by atoms with van der Waals surface area (Å²) < 4.78 is 0. The predicted octanol–water partition coefficient (Wildman–Crippen LogP) is 6.56. The summed E-state index contributed by atoms with van der Waals surface area (Å²) in [6, 6.07) is 33.8. The fraction of sp³-hybridized carbons (Fsp3) is 0.267. The Balaban J connectivity index is 1.24. The van der Waals surface area contributed by atoms with E-state index in [0.717, 1.165) is 62.2 Å². The molecule has 0 saturated carbocycles. The Hall–Kier alpha value is -2.64. The van der Waals surface area contributed by atoms with Gasteiger partial charge in [0.05, 0.1) is 11.4 Å². The molecule has 0 spiro atoms. The van der Waals surface area contributed by atoms with Crippen molar-refractivity contribution >= 4 is 21.6 Å². The first-order valence-corrected chi connectivity index (χ1v) is 14.9. The van der Waals surface area contributed by atoms with E-state index >= 15 is 0 Å². The van der Waals surface area contributed by atoms with Gasteiger partial charge in [-0.3, -0.25) is 19.8 Å². The Kier molecular flexibility index (Phi) is 11.4. The van der Waals surface area contributed by atoms with Gasteiger partial charge in [0.15, 0.2) is 0 Å². The molecule has 6 heteroatoms. The minimum atomic E-state index is 0.871. The second-order valence-corrected chi connectivity index (χ2v) is 11.4. The summed E-state index contributed by atoms with van der Waals surface area (Å²) in [7, 11) is 3.94. The van der Waals surface area contributed by atoms with Gasteiger partial charge in [-0.1, -0.05) is 94.4 Å². The van der Waals surface area contributed by atoms with Crippen molar-refractivity contribution in [2.75, 3.05) is 24.6 Å². The van der Waals surface area contributed by atoms with Crippen LogP contribution in [-0.2, 0) is 26.2 Å². The molecule has 0 aliphatic heterocycles. The quantitative estimate of drug-likeness (QED) is 0.132. The fourth-order valence-corrected chi connectivity index (χ4v) is 6.06. The molecule has 0 aliphatic carbocycles. The van der Waals surface area contributed by atoms with Crippen molar-refractivity contribution < 1.29 is 0 Å². The van der Waals surface area contributed by atoms with E-state index in [-0.39, 0.29) is 0 Å². The predicted molar refractivity (Wildman–Crippen MR) is 155 cm³/mol. The van der Waals surface area contributed by atoms with Gasteiger partial charge in [-0.25, -0.2) is 0 Å². The second kappa shape index (κ2) is 15.5. The molecular formula is C30H34N4S2. The summed E-state index contributed by atoms with van der Waals surface area (Å²) in [5, 5.41) is 0. The summed E-state index contributed by atoms with van der Waals surface area (Å²) >= 11 is 0. The van der Waals surface area contributed by atoms with Crippen LogP contribution in [0.1, 0.15) is 22.5 Å². The van der Waals surface area contributed by atoms with Gasteiger partial charge < -0.3 is 0 Å². The number of pyridine rings is 2. The minimum absolute atomic E-state index is 0.871. The molecule has 4 rings (SSSR count). The monoisotopic (exact) mass is 514 g/mol. The van der Waals surface area contributed by atoms with Crippen LogP contribution >= 0.6 is 21.6 Å². The number of rotatable bonds is 15. The van der Waals surface area contributed by atoms with Crippen molar-refractivity contribution in [3.05, 3.63) is 132 Å². The molecule has 0 saturated heterocycles. The Bertz CT molecular complexity index is 925. The average Bonchev–Trinajstić information content (AvgIpc) is 2.93. The van der Waals surface area contributed by atoms with Crippen molar-refractivity contribution in [1.29, 1.82) is 0 Å². The maximum atomic E-state index is 4.54. The molecule has 0 N–H and O–H groups in total. The molecule has 0 aliphatic rings. The van der Waals surface area contributed by atoms with Gasteiger partial charge in [-0.05, 0) is 35.4 Å². The molecule has 0 bridgehead atoms. The number of aromatic nitrogens is 2. The largest absolute Gasteiger partial charge is 0.292 e. The van der Waals surface area contributed by atoms with E-state index in [0.29, 0.717) is 0 Å².